The van der Waals surface area contributed by atoms with Gasteiger partial charge >= 0.3 is 0 Å². The molecule has 0 nitrogen and oxygen atoms in total. The van der Waals surface area contributed by atoms with Crippen LogP contribution >= 0.6 is 15.8 Å². The molecule has 0 N–H and O–H groups in total. The fourth-order valence-corrected chi connectivity index (χ4v) is 11.4. The Morgan fingerprint density at radius 3 is 1.12 bits per heavy atom. The summed E-state index contributed by atoms with van der Waals surface area (Å²) in [4.78, 5) is 0. The number of fused-ring (bicyclic) bond motifs is 2. The van der Waals surface area contributed by atoms with E-state index in [2.05, 4.69) is 172 Å². The highest BCUT2D eigenvalue weighted by Gasteiger charge is 2.28. The number of hydrogen-bond donors (Lipinski definition) is 0. The summed E-state index contributed by atoms with van der Waals surface area (Å²) < 4.78 is 0. The fraction of sp³-hybridized carbons (Fsp3) is 0.0500. The second kappa shape index (κ2) is 11.7. The Hall–Kier alpha value is -4.08. The van der Waals surface area contributed by atoms with Gasteiger partial charge in [0.1, 0.15) is 0 Å². The number of aryl methyl sites for hydroxylation is 2. The molecule has 42 heavy (non-hydrogen) atoms. The quantitative estimate of drug-likeness (QED) is 0.139. The van der Waals surface area contributed by atoms with Crippen LogP contribution in [0.1, 0.15) is 11.1 Å². The van der Waals surface area contributed by atoms with E-state index < -0.39 is 15.8 Å². The van der Waals surface area contributed by atoms with Crippen molar-refractivity contribution >= 4 is 69.2 Å². The minimum Gasteiger partial charge on any atom is -0.0622 e. The van der Waals surface area contributed by atoms with E-state index in [1.54, 1.807) is 0 Å². The van der Waals surface area contributed by atoms with Crippen LogP contribution in [0.3, 0.4) is 0 Å². The Labute approximate surface area is 251 Å². The number of benzene rings is 7. The highest BCUT2D eigenvalue weighted by atomic mass is 31.1. The van der Waals surface area contributed by atoms with Gasteiger partial charge in [-0.25, -0.2) is 0 Å². The van der Waals surface area contributed by atoms with Crippen LogP contribution < -0.4 is 31.8 Å². The number of hydrogen-bond acceptors (Lipinski definition) is 0. The standard InChI is InChI=1S/C40H32P2/c1-29-27-28-37-38(30(29)2)40(42(33-21-11-5-12-22-33)34-23-13-6-14-24-34)36-26-16-15-25-35(36)39(37)41(31-17-7-3-8-18-31)32-19-9-4-10-20-32/h3-28H,1-2H3. The van der Waals surface area contributed by atoms with Crippen molar-refractivity contribution in [1.29, 1.82) is 0 Å². The lowest BCUT2D eigenvalue weighted by Gasteiger charge is -2.29. The van der Waals surface area contributed by atoms with Crippen molar-refractivity contribution < 1.29 is 0 Å². The van der Waals surface area contributed by atoms with Gasteiger partial charge in [0.2, 0.25) is 0 Å². The Morgan fingerprint density at radius 1 is 0.333 bits per heavy atom. The summed E-state index contributed by atoms with van der Waals surface area (Å²) in [5.74, 6) is 0. The molecule has 202 valence electrons. The normalized spacial score (nSPS) is 11.5. The third kappa shape index (κ3) is 4.76. The van der Waals surface area contributed by atoms with Crippen LogP contribution in [0.4, 0.5) is 0 Å². The molecule has 0 atom stereocenters. The lowest BCUT2D eigenvalue weighted by atomic mass is 9.97. The van der Waals surface area contributed by atoms with Gasteiger partial charge in [-0.05, 0) is 83.6 Å². The third-order valence-electron chi connectivity index (χ3n) is 8.17. The Morgan fingerprint density at radius 2 is 0.690 bits per heavy atom. The van der Waals surface area contributed by atoms with Gasteiger partial charge in [-0.1, -0.05) is 158 Å². The average molecular weight is 575 g/mol. The molecular weight excluding hydrogens is 542 g/mol. The van der Waals surface area contributed by atoms with E-state index in [1.807, 2.05) is 0 Å². The van der Waals surface area contributed by atoms with Gasteiger partial charge < -0.3 is 0 Å². The van der Waals surface area contributed by atoms with E-state index in [1.165, 1.54) is 64.5 Å². The first-order valence-corrected chi connectivity index (χ1v) is 17.2. The van der Waals surface area contributed by atoms with Crippen molar-refractivity contribution in [2.75, 3.05) is 0 Å². The molecule has 0 saturated carbocycles. The minimum absolute atomic E-state index is 0.801. The topological polar surface area (TPSA) is 0 Å². The molecule has 0 heterocycles. The van der Waals surface area contributed by atoms with Crippen molar-refractivity contribution in [3.05, 3.63) is 169 Å². The number of rotatable bonds is 6. The molecule has 2 heteroatoms. The van der Waals surface area contributed by atoms with Crippen LogP contribution in [0.15, 0.2) is 158 Å². The van der Waals surface area contributed by atoms with Crippen molar-refractivity contribution in [1.82, 2.24) is 0 Å². The molecule has 7 aromatic carbocycles. The molecule has 7 aromatic rings. The molecular formula is C40H32P2. The molecule has 0 unspecified atom stereocenters. The first kappa shape index (κ1) is 26.8. The second-order valence-corrected chi connectivity index (χ2v) is 15.0. The molecule has 0 bridgehead atoms. The van der Waals surface area contributed by atoms with Crippen LogP contribution in [0, 0.1) is 13.8 Å². The van der Waals surface area contributed by atoms with Gasteiger partial charge in [-0.15, -0.1) is 0 Å². The molecule has 0 aliphatic carbocycles. The third-order valence-corrected chi connectivity index (χ3v) is 13.3. The molecule has 0 amide bonds. The predicted molar refractivity (Wildman–Crippen MR) is 188 cm³/mol. The highest BCUT2D eigenvalue weighted by Crippen LogP contribution is 2.44. The highest BCUT2D eigenvalue weighted by molar-refractivity contribution is 7.81. The summed E-state index contributed by atoms with van der Waals surface area (Å²) in [5.41, 5.74) is 2.72. The van der Waals surface area contributed by atoms with E-state index in [-0.39, 0.29) is 0 Å². The molecule has 0 aliphatic heterocycles. The van der Waals surface area contributed by atoms with Crippen molar-refractivity contribution in [2.24, 2.45) is 0 Å². The molecule has 7 rings (SSSR count). The summed E-state index contributed by atoms with van der Waals surface area (Å²) >= 11 is 0. The van der Waals surface area contributed by atoms with E-state index in [0.717, 1.165) is 0 Å². The summed E-state index contributed by atoms with van der Waals surface area (Å²) in [6.45, 7) is 4.59. The zero-order chi connectivity index (χ0) is 28.5. The Bertz CT molecular complexity index is 1900. The van der Waals surface area contributed by atoms with Crippen LogP contribution in [0.2, 0.25) is 0 Å². The van der Waals surface area contributed by atoms with E-state index in [0.29, 0.717) is 0 Å². The minimum atomic E-state index is -0.807. The van der Waals surface area contributed by atoms with Gasteiger partial charge in [-0.2, -0.15) is 0 Å². The maximum Gasteiger partial charge on any atom is 0.000919 e. The predicted octanol–water partition coefficient (Wildman–Crippen LogP) is 8.13. The van der Waals surface area contributed by atoms with Crippen molar-refractivity contribution in [3.63, 3.8) is 0 Å². The molecule has 0 fully saturated rings. The van der Waals surface area contributed by atoms with E-state index in [4.69, 9.17) is 0 Å². The first-order chi connectivity index (χ1) is 20.7. The van der Waals surface area contributed by atoms with E-state index in [9.17, 15) is 0 Å². The maximum absolute atomic E-state index is 2.41. The maximum atomic E-state index is 2.41. The van der Waals surface area contributed by atoms with Crippen LogP contribution in [0.25, 0.3) is 21.5 Å². The van der Waals surface area contributed by atoms with Crippen molar-refractivity contribution in [2.45, 2.75) is 13.8 Å². The molecule has 0 radical (unpaired) electrons. The Balaban J connectivity index is 1.67. The summed E-state index contributed by atoms with van der Waals surface area (Å²) in [5, 5.41) is 14.0. The second-order valence-electron chi connectivity index (χ2n) is 10.7. The average Bonchev–Trinajstić information content (AvgIpc) is 3.06. The summed E-state index contributed by atoms with van der Waals surface area (Å²) in [6.07, 6.45) is 0. The Kier molecular flexibility index (Phi) is 7.44. The van der Waals surface area contributed by atoms with Crippen LogP contribution in [-0.4, -0.2) is 0 Å². The monoisotopic (exact) mass is 574 g/mol. The largest absolute Gasteiger partial charge is 0.0622 e. The SMILES string of the molecule is Cc1ccc2c(P(c3ccccc3)c3ccccc3)c3ccccc3c(P(c3ccccc3)c3ccccc3)c2c1C. The van der Waals surface area contributed by atoms with Gasteiger partial charge in [0.05, 0.1) is 0 Å². The lowest BCUT2D eigenvalue weighted by Crippen LogP contribution is -2.27. The van der Waals surface area contributed by atoms with Gasteiger partial charge in [-0.3, -0.25) is 0 Å². The lowest BCUT2D eigenvalue weighted by molar-refractivity contribution is 1.39. The molecule has 0 aliphatic rings. The zero-order valence-corrected chi connectivity index (χ0v) is 25.7. The van der Waals surface area contributed by atoms with Crippen LogP contribution in [0.5, 0.6) is 0 Å². The summed E-state index contributed by atoms with van der Waals surface area (Å²) in [7, 11) is -1.61. The molecule has 0 aromatic heterocycles. The zero-order valence-electron chi connectivity index (χ0n) is 23.9. The summed E-state index contributed by atoms with van der Waals surface area (Å²) in [6, 6.07) is 58.5. The van der Waals surface area contributed by atoms with Gasteiger partial charge in [0.15, 0.2) is 0 Å². The molecule has 0 spiro atoms. The van der Waals surface area contributed by atoms with Gasteiger partial charge in [0, 0.05) is 10.6 Å². The smallest absolute Gasteiger partial charge is 0.000919 e. The fourth-order valence-electron chi connectivity index (χ4n) is 6.09. The van der Waals surface area contributed by atoms with Crippen LogP contribution in [-0.2, 0) is 0 Å². The van der Waals surface area contributed by atoms with E-state index >= 15 is 0 Å². The first-order valence-electron chi connectivity index (χ1n) is 14.5. The van der Waals surface area contributed by atoms with Crippen molar-refractivity contribution in [3.8, 4) is 0 Å². The molecule has 0 saturated heterocycles. The van der Waals surface area contributed by atoms with Gasteiger partial charge in [0.25, 0.3) is 0 Å².